The first kappa shape index (κ1) is 14.8. The highest BCUT2D eigenvalue weighted by Gasteiger charge is 2.19. The second-order valence-corrected chi connectivity index (χ2v) is 7.11. The third-order valence-corrected chi connectivity index (χ3v) is 5.43. The van der Waals surface area contributed by atoms with Crippen LogP contribution in [0.4, 0.5) is 0 Å². The summed E-state index contributed by atoms with van der Waals surface area (Å²) in [4.78, 5) is 0.198. The Labute approximate surface area is 119 Å². The van der Waals surface area contributed by atoms with E-state index in [0.29, 0.717) is 24.0 Å². The molecule has 3 N–H and O–H groups in total. The summed E-state index contributed by atoms with van der Waals surface area (Å²) in [5.41, 5.74) is 6.24. The van der Waals surface area contributed by atoms with E-state index in [1.54, 1.807) is 12.1 Å². The van der Waals surface area contributed by atoms with E-state index in [0.717, 1.165) is 12.0 Å². The zero-order valence-corrected chi connectivity index (χ0v) is 12.3. The van der Waals surface area contributed by atoms with Crippen LogP contribution in [-0.4, -0.2) is 15.0 Å². The Morgan fingerprint density at radius 3 is 2.63 bits per heavy atom. The second-order valence-electron chi connectivity index (χ2n) is 4.94. The van der Waals surface area contributed by atoms with Crippen molar-refractivity contribution in [2.45, 2.75) is 37.1 Å². The molecule has 1 aromatic carbocycles. The summed E-state index contributed by atoms with van der Waals surface area (Å²) < 4.78 is 26.8. The van der Waals surface area contributed by atoms with Crippen molar-refractivity contribution in [3.63, 3.8) is 0 Å². The fourth-order valence-corrected chi connectivity index (χ4v) is 3.52. The van der Waals surface area contributed by atoms with Gasteiger partial charge in [0.2, 0.25) is 10.0 Å². The number of nitrogens with two attached hydrogens (primary N) is 1. The molecule has 1 aromatic rings. The van der Waals surface area contributed by atoms with Gasteiger partial charge in [0, 0.05) is 18.1 Å². The third kappa shape index (κ3) is 3.69. The minimum Gasteiger partial charge on any atom is -0.326 e. The molecule has 0 unspecified atom stereocenters. The summed E-state index contributed by atoms with van der Waals surface area (Å²) in [5, 5.41) is 0.393. The van der Waals surface area contributed by atoms with Crippen molar-refractivity contribution in [3.05, 3.63) is 28.8 Å². The number of benzene rings is 1. The summed E-state index contributed by atoms with van der Waals surface area (Å²) in [6.45, 7) is 0.789. The van der Waals surface area contributed by atoms with Crippen LogP contribution < -0.4 is 10.5 Å². The van der Waals surface area contributed by atoms with Gasteiger partial charge in [-0.2, -0.15) is 0 Å². The number of sulfonamides is 1. The molecular weight excluding hydrogens is 284 g/mol. The van der Waals surface area contributed by atoms with Crippen LogP contribution >= 0.6 is 11.6 Å². The monoisotopic (exact) mass is 302 g/mol. The van der Waals surface area contributed by atoms with Crippen molar-refractivity contribution in [2.24, 2.45) is 11.7 Å². The highest BCUT2D eigenvalue weighted by molar-refractivity contribution is 7.89. The van der Waals surface area contributed by atoms with E-state index in [1.165, 1.54) is 25.3 Å². The molecule has 19 heavy (non-hydrogen) atoms. The molecule has 4 nitrogen and oxygen atoms in total. The first-order valence-electron chi connectivity index (χ1n) is 6.51. The normalized spacial score (nSPS) is 16.3. The molecule has 0 atom stereocenters. The van der Waals surface area contributed by atoms with Crippen molar-refractivity contribution < 1.29 is 8.42 Å². The largest absolute Gasteiger partial charge is 0.326 e. The topological polar surface area (TPSA) is 72.2 Å². The number of rotatable bonds is 6. The average molecular weight is 303 g/mol. The lowest BCUT2D eigenvalue weighted by molar-refractivity contribution is 0.297. The number of halogens is 1. The maximum atomic E-state index is 12.1. The predicted molar refractivity (Wildman–Crippen MR) is 76.5 cm³/mol. The summed E-state index contributed by atoms with van der Waals surface area (Å²) in [6.07, 6.45) is 4.62. The molecule has 1 aliphatic rings. The molecule has 0 saturated heterocycles. The Kier molecular flexibility index (Phi) is 4.84. The molecule has 2 rings (SSSR count). The smallest absolute Gasteiger partial charge is 0.240 e. The van der Waals surface area contributed by atoms with Crippen molar-refractivity contribution in [3.8, 4) is 0 Å². The van der Waals surface area contributed by atoms with E-state index in [2.05, 4.69) is 4.72 Å². The van der Waals surface area contributed by atoms with Gasteiger partial charge in [0.1, 0.15) is 0 Å². The van der Waals surface area contributed by atoms with Crippen LogP contribution in [0, 0.1) is 5.92 Å². The Morgan fingerprint density at radius 2 is 2.11 bits per heavy atom. The molecule has 0 bridgehead atoms. The average Bonchev–Trinajstić information content (AvgIpc) is 2.32. The van der Waals surface area contributed by atoms with Crippen molar-refractivity contribution >= 4 is 21.6 Å². The van der Waals surface area contributed by atoms with Crippen LogP contribution in [0.25, 0.3) is 0 Å². The van der Waals surface area contributed by atoms with Crippen LogP contribution in [0.15, 0.2) is 23.1 Å². The van der Waals surface area contributed by atoms with Gasteiger partial charge < -0.3 is 5.73 Å². The lowest BCUT2D eigenvalue weighted by Gasteiger charge is -2.25. The van der Waals surface area contributed by atoms with Gasteiger partial charge in [0.15, 0.2) is 0 Å². The molecule has 1 saturated carbocycles. The maximum absolute atomic E-state index is 12.1. The van der Waals surface area contributed by atoms with Crippen LogP contribution in [0.5, 0.6) is 0 Å². The van der Waals surface area contributed by atoms with Gasteiger partial charge in [-0.15, -0.1) is 0 Å². The third-order valence-electron chi connectivity index (χ3n) is 3.62. The number of nitrogens with one attached hydrogen (secondary N) is 1. The first-order chi connectivity index (χ1) is 9.03. The lowest BCUT2D eigenvalue weighted by atomic mass is 9.83. The lowest BCUT2D eigenvalue weighted by Crippen LogP contribution is -2.27. The molecule has 0 aromatic heterocycles. The highest BCUT2D eigenvalue weighted by Crippen LogP contribution is 2.29. The number of hydrogen-bond donors (Lipinski definition) is 2. The van der Waals surface area contributed by atoms with E-state index in [4.69, 9.17) is 17.3 Å². The minimum atomic E-state index is -3.46. The van der Waals surface area contributed by atoms with Crippen LogP contribution in [0.1, 0.15) is 31.2 Å². The van der Waals surface area contributed by atoms with Gasteiger partial charge >= 0.3 is 0 Å². The summed E-state index contributed by atoms with van der Waals surface area (Å²) in [5.74, 6) is 0.686. The van der Waals surface area contributed by atoms with E-state index < -0.39 is 10.0 Å². The SMILES string of the molecule is NCc1ccc(S(=O)(=O)NCCC2CCC2)cc1Cl. The first-order valence-corrected chi connectivity index (χ1v) is 8.37. The fraction of sp³-hybridized carbons (Fsp3) is 0.538. The summed E-state index contributed by atoms with van der Waals surface area (Å²) >= 11 is 5.98. The van der Waals surface area contributed by atoms with E-state index in [1.807, 2.05) is 0 Å². The zero-order valence-electron chi connectivity index (χ0n) is 10.7. The van der Waals surface area contributed by atoms with Gasteiger partial charge in [-0.1, -0.05) is 36.9 Å². The van der Waals surface area contributed by atoms with E-state index in [9.17, 15) is 8.42 Å². The standard InChI is InChI=1S/C13H19ClN2O2S/c14-13-8-12(5-4-11(13)9-15)19(17,18)16-7-6-10-2-1-3-10/h4-5,8,10,16H,1-3,6-7,9,15H2. The van der Waals surface area contributed by atoms with Gasteiger partial charge in [0.25, 0.3) is 0 Å². The van der Waals surface area contributed by atoms with Crippen LogP contribution in [-0.2, 0) is 16.6 Å². The van der Waals surface area contributed by atoms with Crippen LogP contribution in [0.2, 0.25) is 5.02 Å². The fourth-order valence-electron chi connectivity index (χ4n) is 2.12. The molecule has 0 aliphatic heterocycles. The minimum absolute atomic E-state index is 0.198. The van der Waals surface area contributed by atoms with Crippen molar-refractivity contribution in [2.75, 3.05) is 6.54 Å². The van der Waals surface area contributed by atoms with Crippen molar-refractivity contribution in [1.29, 1.82) is 0 Å². The molecule has 106 valence electrons. The van der Waals surface area contributed by atoms with Gasteiger partial charge in [-0.05, 0) is 30.0 Å². The zero-order chi connectivity index (χ0) is 13.9. The van der Waals surface area contributed by atoms with Gasteiger partial charge in [-0.25, -0.2) is 13.1 Å². The molecule has 0 spiro atoms. The Bertz CT molecular complexity index is 542. The Hall–Kier alpha value is -0.620. The van der Waals surface area contributed by atoms with Crippen molar-refractivity contribution in [1.82, 2.24) is 4.72 Å². The van der Waals surface area contributed by atoms with E-state index >= 15 is 0 Å². The molecule has 6 heteroatoms. The van der Waals surface area contributed by atoms with Gasteiger partial charge in [0.05, 0.1) is 4.90 Å². The highest BCUT2D eigenvalue weighted by atomic mass is 35.5. The molecule has 0 heterocycles. The second kappa shape index (κ2) is 6.22. The quantitative estimate of drug-likeness (QED) is 0.846. The predicted octanol–water partition coefficient (Wildman–Crippen LogP) is 2.27. The van der Waals surface area contributed by atoms with E-state index in [-0.39, 0.29) is 4.90 Å². The summed E-state index contributed by atoms with van der Waals surface area (Å²) in [7, 11) is -3.46. The molecule has 0 amide bonds. The van der Waals surface area contributed by atoms with Crippen LogP contribution in [0.3, 0.4) is 0 Å². The number of hydrogen-bond acceptors (Lipinski definition) is 3. The van der Waals surface area contributed by atoms with Gasteiger partial charge in [-0.3, -0.25) is 0 Å². The maximum Gasteiger partial charge on any atom is 0.240 e. The Balaban J connectivity index is 1.99. The molecule has 1 aliphatic carbocycles. The molecule has 1 fully saturated rings. The molecule has 0 radical (unpaired) electrons. The Morgan fingerprint density at radius 1 is 1.37 bits per heavy atom. The summed E-state index contributed by atoms with van der Waals surface area (Å²) in [6, 6.07) is 4.65. The molecular formula is C13H19ClN2O2S.